The first-order chi connectivity index (χ1) is 10.8. The maximum absolute atomic E-state index is 12.7. The zero-order valence-corrected chi connectivity index (χ0v) is 14.1. The van der Waals surface area contributed by atoms with Crippen LogP contribution in [0.1, 0.15) is 34.7 Å². The zero-order chi connectivity index (χ0) is 17.2. The van der Waals surface area contributed by atoms with Gasteiger partial charge in [-0.3, -0.25) is 0 Å². The number of nitrogens with zero attached hydrogens (tertiary/aromatic N) is 2. The predicted molar refractivity (Wildman–Crippen MR) is 79.3 cm³/mol. The Morgan fingerprint density at radius 3 is 2.61 bits per heavy atom. The Hall–Kier alpha value is -2.13. The third-order valence-electron chi connectivity index (χ3n) is 3.23. The molecule has 0 fully saturated rings. The van der Waals surface area contributed by atoms with Gasteiger partial charge in [0.05, 0.1) is 19.3 Å². The second-order valence-electron chi connectivity index (χ2n) is 4.93. The third-order valence-corrected chi connectivity index (χ3v) is 5.08. The van der Waals surface area contributed by atoms with Crippen molar-refractivity contribution < 1.29 is 26.9 Å². The summed E-state index contributed by atoms with van der Waals surface area (Å²) in [6.07, 6.45) is 0.322. The fraction of sp³-hybridized carbons (Fsp3) is 0.429. The molecule has 2 aromatic rings. The summed E-state index contributed by atoms with van der Waals surface area (Å²) in [5.41, 5.74) is 0.489. The lowest BCUT2D eigenvalue weighted by Crippen LogP contribution is -2.27. The number of aryl methyl sites for hydroxylation is 2. The number of carbonyl (C=O) groups excluding carboxylic acids is 1. The zero-order valence-electron chi connectivity index (χ0n) is 13.3. The van der Waals surface area contributed by atoms with Gasteiger partial charge in [-0.05, 0) is 6.92 Å². The number of sulfonamides is 1. The van der Waals surface area contributed by atoms with Crippen molar-refractivity contribution in [2.24, 2.45) is 0 Å². The van der Waals surface area contributed by atoms with Gasteiger partial charge in [0, 0.05) is 25.6 Å². The average Bonchev–Trinajstić information content (AvgIpc) is 3.12. The highest BCUT2D eigenvalue weighted by Gasteiger charge is 2.29. The van der Waals surface area contributed by atoms with Gasteiger partial charge >= 0.3 is 5.97 Å². The lowest BCUT2D eigenvalue weighted by molar-refractivity contribution is 0.0563. The van der Waals surface area contributed by atoms with Gasteiger partial charge in [0.15, 0.2) is 0 Å². The van der Waals surface area contributed by atoms with Crippen molar-refractivity contribution >= 4 is 16.0 Å². The maximum Gasteiger partial charge on any atom is 0.373 e. The summed E-state index contributed by atoms with van der Waals surface area (Å²) in [4.78, 5) is 11.5. The van der Waals surface area contributed by atoms with Crippen LogP contribution in [-0.4, -0.2) is 38.0 Å². The maximum atomic E-state index is 12.7. The average molecular weight is 342 g/mol. The minimum atomic E-state index is -3.84. The van der Waals surface area contributed by atoms with Crippen LogP contribution >= 0.6 is 0 Å². The van der Waals surface area contributed by atoms with Crippen molar-refractivity contribution in [3.8, 4) is 0 Å². The molecular weight excluding hydrogens is 324 g/mol. The van der Waals surface area contributed by atoms with Crippen LogP contribution in [0.5, 0.6) is 0 Å². The van der Waals surface area contributed by atoms with E-state index in [0.29, 0.717) is 17.9 Å². The summed E-state index contributed by atoms with van der Waals surface area (Å²) in [6.45, 7) is 3.50. The Bertz CT molecular complexity index is 805. The molecular formula is C14H18N2O6S. The van der Waals surface area contributed by atoms with Crippen molar-refractivity contribution in [2.75, 3.05) is 14.2 Å². The molecule has 0 atom stereocenters. The fourth-order valence-corrected chi connectivity index (χ4v) is 3.42. The van der Waals surface area contributed by atoms with Gasteiger partial charge in [0.2, 0.25) is 15.8 Å². The van der Waals surface area contributed by atoms with E-state index in [1.807, 2.05) is 0 Å². The first-order valence-corrected chi connectivity index (χ1v) is 8.33. The highest BCUT2D eigenvalue weighted by molar-refractivity contribution is 7.89. The Morgan fingerprint density at radius 2 is 2.09 bits per heavy atom. The van der Waals surface area contributed by atoms with Gasteiger partial charge in [-0.2, -0.15) is 4.31 Å². The molecule has 126 valence electrons. The number of carbonyl (C=O) groups is 1. The highest BCUT2D eigenvalue weighted by Crippen LogP contribution is 2.25. The summed E-state index contributed by atoms with van der Waals surface area (Å²) < 4.78 is 41.3. The van der Waals surface area contributed by atoms with E-state index in [1.54, 1.807) is 19.9 Å². The van der Waals surface area contributed by atoms with Crippen LogP contribution in [0.2, 0.25) is 0 Å². The van der Waals surface area contributed by atoms with E-state index in [1.165, 1.54) is 20.2 Å². The molecule has 0 N–H and O–H groups in total. The van der Waals surface area contributed by atoms with Gasteiger partial charge in [-0.25, -0.2) is 13.2 Å². The van der Waals surface area contributed by atoms with Crippen LogP contribution in [-0.2, 0) is 27.7 Å². The standard InChI is InChI=1S/C14H18N2O6S/c1-5-11-13(7-12(21-11)14(17)20-4)23(18,19)16(3)8-10-6-9(2)22-15-10/h6-7H,5,8H2,1-4H3. The predicted octanol–water partition coefficient (Wildman–Crippen LogP) is 1.75. The molecule has 0 aliphatic heterocycles. The minimum absolute atomic E-state index is 0.0432. The van der Waals surface area contributed by atoms with Gasteiger partial charge in [-0.1, -0.05) is 12.1 Å². The van der Waals surface area contributed by atoms with Crippen LogP contribution in [0.4, 0.5) is 0 Å². The Labute approximate surface area is 134 Å². The molecule has 0 bridgehead atoms. The Morgan fingerprint density at radius 1 is 1.39 bits per heavy atom. The van der Waals surface area contributed by atoms with Crippen molar-refractivity contribution in [2.45, 2.75) is 31.7 Å². The van der Waals surface area contributed by atoms with Crippen LogP contribution in [0.25, 0.3) is 0 Å². The van der Waals surface area contributed by atoms with Crippen LogP contribution in [0.15, 0.2) is 26.0 Å². The number of aromatic nitrogens is 1. The topological polar surface area (TPSA) is 103 Å². The largest absolute Gasteiger partial charge is 0.463 e. The van der Waals surface area contributed by atoms with Gasteiger partial charge in [0.1, 0.15) is 16.4 Å². The lowest BCUT2D eigenvalue weighted by atomic mass is 10.3. The van der Waals surface area contributed by atoms with E-state index in [4.69, 9.17) is 8.94 Å². The fourth-order valence-electron chi connectivity index (χ4n) is 2.05. The Balaban J connectivity index is 2.34. The number of hydrogen-bond donors (Lipinski definition) is 0. The van der Waals surface area contributed by atoms with Crippen LogP contribution in [0, 0.1) is 6.92 Å². The molecule has 0 spiro atoms. The summed E-state index contributed by atoms with van der Waals surface area (Å²) >= 11 is 0. The van der Waals surface area contributed by atoms with Crippen LogP contribution < -0.4 is 0 Å². The number of esters is 1. The monoisotopic (exact) mass is 342 g/mol. The molecule has 2 rings (SSSR count). The molecule has 2 heterocycles. The number of rotatable bonds is 6. The minimum Gasteiger partial charge on any atom is -0.463 e. The summed E-state index contributed by atoms with van der Waals surface area (Å²) in [7, 11) is -1.22. The van der Waals surface area contributed by atoms with Gasteiger partial charge in [0.25, 0.3) is 0 Å². The van der Waals surface area contributed by atoms with E-state index < -0.39 is 16.0 Å². The normalized spacial score (nSPS) is 11.9. The van der Waals surface area contributed by atoms with Crippen molar-refractivity contribution in [3.05, 3.63) is 35.1 Å². The molecule has 0 aliphatic carbocycles. The number of hydrogen-bond acceptors (Lipinski definition) is 7. The van der Waals surface area contributed by atoms with Crippen molar-refractivity contribution in [1.29, 1.82) is 0 Å². The molecule has 0 unspecified atom stereocenters. The first kappa shape index (κ1) is 17.2. The number of furan rings is 1. The van der Waals surface area contributed by atoms with Gasteiger partial charge in [-0.15, -0.1) is 0 Å². The molecule has 0 saturated heterocycles. The molecule has 0 aliphatic rings. The molecule has 0 saturated carbocycles. The quantitative estimate of drug-likeness (QED) is 0.737. The Kier molecular flexibility index (Phi) is 4.90. The lowest BCUT2D eigenvalue weighted by Gasteiger charge is -2.15. The molecule has 0 amide bonds. The van der Waals surface area contributed by atoms with Gasteiger partial charge < -0.3 is 13.7 Å². The molecule has 0 radical (unpaired) electrons. The van der Waals surface area contributed by atoms with E-state index in [9.17, 15) is 13.2 Å². The van der Waals surface area contributed by atoms with E-state index in [2.05, 4.69) is 9.89 Å². The smallest absolute Gasteiger partial charge is 0.373 e. The van der Waals surface area contributed by atoms with Crippen molar-refractivity contribution in [3.63, 3.8) is 0 Å². The second kappa shape index (κ2) is 6.55. The van der Waals surface area contributed by atoms with E-state index in [-0.39, 0.29) is 23.0 Å². The molecule has 0 aromatic carbocycles. The van der Waals surface area contributed by atoms with Crippen LogP contribution in [0.3, 0.4) is 0 Å². The SMILES string of the molecule is CCc1oc(C(=O)OC)cc1S(=O)(=O)N(C)Cc1cc(C)on1. The highest BCUT2D eigenvalue weighted by atomic mass is 32.2. The molecule has 2 aromatic heterocycles. The number of methoxy groups -OCH3 is 1. The summed E-state index contributed by atoms with van der Waals surface area (Å²) in [6, 6.07) is 2.84. The molecule has 9 heteroatoms. The first-order valence-electron chi connectivity index (χ1n) is 6.89. The third kappa shape index (κ3) is 3.45. The summed E-state index contributed by atoms with van der Waals surface area (Å²) in [5.74, 6) is -0.0746. The molecule has 8 nitrogen and oxygen atoms in total. The van der Waals surface area contributed by atoms with E-state index >= 15 is 0 Å². The molecule has 23 heavy (non-hydrogen) atoms. The van der Waals surface area contributed by atoms with E-state index in [0.717, 1.165) is 4.31 Å². The second-order valence-corrected chi connectivity index (χ2v) is 6.95. The van der Waals surface area contributed by atoms with Crippen molar-refractivity contribution in [1.82, 2.24) is 9.46 Å². The number of ether oxygens (including phenoxy) is 1. The summed E-state index contributed by atoms with van der Waals surface area (Å²) in [5, 5.41) is 3.77.